The van der Waals surface area contributed by atoms with Gasteiger partial charge in [0, 0.05) is 12.3 Å². The van der Waals surface area contributed by atoms with Crippen LogP contribution in [-0.4, -0.2) is 30.0 Å². The molecule has 2 rings (SSSR count). The predicted molar refractivity (Wildman–Crippen MR) is 59.9 cm³/mol. The monoisotopic (exact) mass is 272 g/mol. The van der Waals surface area contributed by atoms with Gasteiger partial charge >= 0.3 is 5.97 Å². The number of esters is 1. The Morgan fingerprint density at radius 1 is 1.42 bits per heavy atom. The number of pyridine rings is 1. The van der Waals surface area contributed by atoms with Gasteiger partial charge in [0.1, 0.15) is 6.61 Å². The number of nitrogens with zero attached hydrogens (tertiary/aromatic N) is 1. The zero-order valence-corrected chi connectivity index (χ0v) is 9.78. The fourth-order valence-electron chi connectivity index (χ4n) is 1.68. The third kappa shape index (κ3) is 3.70. The van der Waals surface area contributed by atoms with Crippen LogP contribution in [-0.2, 0) is 16.0 Å². The van der Waals surface area contributed by atoms with Crippen LogP contribution in [0.1, 0.15) is 5.56 Å². The molecule has 0 spiro atoms. The fraction of sp³-hybridized carbons (Fsp3) is 0.333. The summed E-state index contributed by atoms with van der Waals surface area (Å²) in [6.45, 7) is -0.0380. The maximum absolute atomic E-state index is 12.9. The number of carbonyl (C=O) groups excluding carboxylic acids is 1. The van der Waals surface area contributed by atoms with E-state index < -0.39 is 24.4 Å². The van der Waals surface area contributed by atoms with E-state index in [-0.39, 0.29) is 13.0 Å². The second kappa shape index (κ2) is 5.73. The van der Waals surface area contributed by atoms with Gasteiger partial charge in [-0.05, 0) is 18.1 Å². The van der Waals surface area contributed by atoms with Crippen molar-refractivity contribution in [2.75, 3.05) is 6.61 Å². The first-order chi connectivity index (χ1) is 9.04. The first-order valence-electron chi connectivity index (χ1n) is 5.57. The van der Waals surface area contributed by atoms with Crippen molar-refractivity contribution in [3.8, 4) is 0 Å². The molecule has 4 nitrogen and oxygen atoms in total. The van der Waals surface area contributed by atoms with Crippen molar-refractivity contribution in [2.24, 2.45) is 0 Å². The summed E-state index contributed by atoms with van der Waals surface area (Å²) in [7, 11) is 0. The largest absolute Gasteiger partial charge is 0.456 e. The van der Waals surface area contributed by atoms with Crippen LogP contribution < -0.4 is 5.32 Å². The van der Waals surface area contributed by atoms with E-state index in [0.717, 1.165) is 12.1 Å². The summed E-state index contributed by atoms with van der Waals surface area (Å²) in [5.74, 6) is -1.22. The van der Waals surface area contributed by atoms with Crippen LogP contribution in [0.15, 0.2) is 30.1 Å². The molecule has 19 heavy (non-hydrogen) atoms. The second-order valence-corrected chi connectivity index (χ2v) is 4.06. The predicted octanol–water partition coefficient (Wildman–Crippen LogP) is 1.43. The Bertz CT molecular complexity index is 488. The minimum atomic E-state index is -2.64. The van der Waals surface area contributed by atoms with Crippen LogP contribution in [0.5, 0.6) is 0 Å². The Balaban J connectivity index is 2.02. The normalized spacial score (nSPS) is 16.2. The van der Waals surface area contributed by atoms with Crippen molar-refractivity contribution in [3.05, 3.63) is 41.6 Å². The number of ether oxygens (including phenoxy) is 1. The average Bonchev–Trinajstić information content (AvgIpc) is 2.76. The number of alkyl halides is 2. The number of hydrogen-bond donors (Lipinski definition) is 1. The summed E-state index contributed by atoms with van der Waals surface area (Å²) in [5, 5.41) is 2.55. The summed E-state index contributed by atoms with van der Waals surface area (Å²) >= 11 is 0. The lowest BCUT2D eigenvalue weighted by atomic mass is 10.1. The molecule has 0 aromatic carbocycles. The number of rotatable bonds is 5. The minimum Gasteiger partial charge on any atom is -0.456 e. The lowest BCUT2D eigenvalue weighted by Gasteiger charge is -2.19. The van der Waals surface area contributed by atoms with E-state index in [0.29, 0.717) is 11.3 Å². The fourth-order valence-corrected chi connectivity index (χ4v) is 1.68. The summed E-state index contributed by atoms with van der Waals surface area (Å²) in [4.78, 5) is 14.2. The Morgan fingerprint density at radius 3 is 2.74 bits per heavy atom. The van der Waals surface area contributed by atoms with E-state index in [1.807, 2.05) is 0 Å². The van der Waals surface area contributed by atoms with Crippen molar-refractivity contribution in [1.82, 2.24) is 10.3 Å². The van der Waals surface area contributed by atoms with Crippen LogP contribution in [0, 0.1) is 5.95 Å². The molecule has 102 valence electrons. The number of halogens is 3. The summed E-state index contributed by atoms with van der Waals surface area (Å²) < 4.78 is 43.0. The topological polar surface area (TPSA) is 51.2 Å². The lowest BCUT2D eigenvalue weighted by molar-refractivity contribution is -0.134. The van der Waals surface area contributed by atoms with Crippen LogP contribution in [0.3, 0.4) is 0 Å². The van der Waals surface area contributed by atoms with Crippen LogP contribution in [0.4, 0.5) is 13.2 Å². The van der Waals surface area contributed by atoms with E-state index in [1.165, 1.54) is 12.3 Å². The summed E-state index contributed by atoms with van der Waals surface area (Å²) in [6.07, 6.45) is -0.326. The third-order valence-electron chi connectivity index (χ3n) is 2.58. The highest BCUT2D eigenvalue weighted by atomic mass is 19.3. The first-order valence-corrected chi connectivity index (χ1v) is 5.57. The third-order valence-corrected chi connectivity index (χ3v) is 2.58. The highest BCUT2D eigenvalue weighted by molar-refractivity contribution is 5.85. The number of cyclic esters (lactones) is 1. The number of aromatic nitrogens is 1. The molecule has 1 aliphatic rings. The highest BCUT2D eigenvalue weighted by Gasteiger charge is 2.24. The minimum absolute atomic E-state index is 0.0313. The molecule has 0 amide bonds. The maximum Gasteiger partial charge on any atom is 0.333 e. The van der Waals surface area contributed by atoms with Crippen LogP contribution in [0.2, 0.25) is 0 Å². The number of nitrogens with one attached hydrogen (secondary N) is 1. The molecular weight excluding hydrogens is 261 g/mol. The van der Waals surface area contributed by atoms with Crippen LogP contribution >= 0.6 is 0 Å². The molecule has 1 atom stereocenters. The van der Waals surface area contributed by atoms with Gasteiger partial charge in [-0.2, -0.15) is 4.39 Å². The molecule has 1 unspecified atom stereocenters. The van der Waals surface area contributed by atoms with Crippen molar-refractivity contribution in [2.45, 2.75) is 18.9 Å². The van der Waals surface area contributed by atoms with Gasteiger partial charge in [0.05, 0.1) is 11.7 Å². The van der Waals surface area contributed by atoms with Crippen LogP contribution in [0.25, 0.3) is 0 Å². The van der Waals surface area contributed by atoms with Gasteiger partial charge in [-0.3, -0.25) is 0 Å². The van der Waals surface area contributed by atoms with Gasteiger partial charge in [0.2, 0.25) is 5.95 Å². The molecule has 0 radical (unpaired) electrons. The van der Waals surface area contributed by atoms with Gasteiger partial charge in [-0.25, -0.2) is 18.6 Å². The first kappa shape index (κ1) is 13.4. The van der Waals surface area contributed by atoms with Gasteiger partial charge in [-0.1, -0.05) is 6.07 Å². The van der Waals surface area contributed by atoms with E-state index in [9.17, 15) is 18.0 Å². The Labute approximate surface area is 107 Å². The molecule has 1 aromatic rings. The zero-order valence-electron chi connectivity index (χ0n) is 9.78. The molecule has 0 aliphatic carbocycles. The Kier molecular flexibility index (Phi) is 4.03. The maximum atomic E-state index is 12.9. The smallest absolute Gasteiger partial charge is 0.333 e. The van der Waals surface area contributed by atoms with E-state index in [1.54, 1.807) is 0 Å². The molecular formula is C12H11F3N2O2. The summed E-state index contributed by atoms with van der Waals surface area (Å²) in [6, 6.07) is 1.32. The molecule has 0 saturated heterocycles. The van der Waals surface area contributed by atoms with Crippen molar-refractivity contribution >= 4 is 5.97 Å². The van der Waals surface area contributed by atoms with E-state index in [4.69, 9.17) is 0 Å². The molecule has 0 fully saturated rings. The van der Waals surface area contributed by atoms with Crippen molar-refractivity contribution < 1.29 is 22.7 Å². The zero-order chi connectivity index (χ0) is 13.8. The standard InChI is InChI=1S/C12H11F3N2O2/c13-10-2-1-7(5-16-10)3-9(12(14)15)17-8-4-11(18)19-6-8/h1-2,4-5,9,12,17H,3,6H2. The number of hydrogen-bond acceptors (Lipinski definition) is 4. The SMILES string of the molecule is O=C1C=C(NC(Cc2ccc(F)nc2)C(F)F)CO1. The molecule has 2 heterocycles. The molecule has 7 heteroatoms. The van der Waals surface area contributed by atoms with Gasteiger partial charge < -0.3 is 10.1 Å². The van der Waals surface area contributed by atoms with Gasteiger partial charge in [0.15, 0.2) is 0 Å². The Morgan fingerprint density at radius 2 is 2.21 bits per heavy atom. The summed E-state index contributed by atoms with van der Waals surface area (Å²) in [5.41, 5.74) is 0.787. The van der Waals surface area contributed by atoms with Crippen molar-refractivity contribution in [1.29, 1.82) is 0 Å². The quantitative estimate of drug-likeness (QED) is 0.650. The molecule has 0 bridgehead atoms. The molecule has 1 aliphatic heterocycles. The van der Waals surface area contributed by atoms with E-state index >= 15 is 0 Å². The number of carbonyl (C=O) groups is 1. The van der Waals surface area contributed by atoms with Crippen molar-refractivity contribution in [3.63, 3.8) is 0 Å². The molecule has 0 saturated carbocycles. The van der Waals surface area contributed by atoms with Gasteiger partial charge in [-0.15, -0.1) is 0 Å². The molecule has 1 N–H and O–H groups in total. The second-order valence-electron chi connectivity index (χ2n) is 4.06. The average molecular weight is 272 g/mol. The van der Waals surface area contributed by atoms with E-state index in [2.05, 4.69) is 15.0 Å². The lowest BCUT2D eigenvalue weighted by Crippen LogP contribution is -2.37. The van der Waals surface area contributed by atoms with Gasteiger partial charge in [0.25, 0.3) is 6.43 Å². The Hall–Kier alpha value is -2.05. The molecule has 1 aromatic heterocycles. The highest BCUT2D eigenvalue weighted by Crippen LogP contribution is 2.13.